The van der Waals surface area contributed by atoms with Crippen LogP contribution in [0.25, 0.3) is 0 Å². The summed E-state index contributed by atoms with van der Waals surface area (Å²) in [5, 5.41) is 0. The third-order valence-corrected chi connectivity index (χ3v) is 3.80. The molecule has 0 heterocycles. The second kappa shape index (κ2) is 7.90. The predicted molar refractivity (Wildman–Crippen MR) is 83.1 cm³/mol. The van der Waals surface area contributed by atoms with Gasteiger partial charge in [-0.15, -0.1) is 11.8 Å². The van der Waals surface area contributed by atoms with Gasteiger partial charge in [0.1, 0.15) is 5.75 Å². The molecule has 0 saturated carbocycles. The molecule has 0 atom stereocenters. The third-order valence-electron chi connectivity index (χ3n) is 2.83. The van der Waals surface area contributed by atoms with Crippen LogP contribution < -0.4 is 4.74 Å². The van der Waals surface area contributed by atoms with Crippen LogP contribution in [0.3, 0.4) is 0 Å². The van der Waals surface area contributed by atoms with Gasteiger partial charge >= 0.3 is 0 Å². The van der Waals surface area contributed by atoms with Crippen molar-refractivity contribution in [2.75, 3.05) is 12.4 Å². The first kappa shape index (κ1) is 14.0. The molecule has 2 rings (SSSR count). The summed E-state index contributed by atoms with van der Waals surface area (Å²) in [6.07, 6.45) is 2.33. The van der Waals surface area contributed by atoms with Crippen LogP contribution in [0.4, 0.5) is 0 Å². The van der Waals surface area contributed by atoms with Crippen molar-refractivity contribution >= 4 is 11.8 Å². The Morgan fingerprint density at radius 1 is 0.947 bits per heavy atom. The van der Waals surface area contributed by atoms with Crippen LogP contribution in [0, 0.1) is 0 Å². The maximum atomic E-state index is 5.74. The van der Waals surface area contributed by atoms with E-state index < -0.39 is 0 Å². The summed E-state index contributed by atoms with van der Waals surface area (Å²) in [6.45, 7) is 2.94. The molecular weight excluding hydrogens is 252 g/mol. The van der Waals surface area contributed by atoms with E-state index in [2.05, 4.69) is 55.5 Å². The highest BCUT2D eigenvalue weighted by Crippen LogP contribution is 2.18. The molecule has 0 saturated heterocycles. The quantitative estimate of drug-likeness (QED) is 0.528. The van der Waals surface area contributed by atoms with Crippen molar-refractivity contribution in [3.8, 4) is 5.75 Å². The van der Waals surface area contributed by atoms with E-state index >= 15 is 0 Å². The topological polar surface area (TPSA) is 9.23 Å². The Bertz CT molecular complexity index is 464. The van der Waals surface area contributed by atoms with Crippen LogP contribution in [0.2, 0.25) is 0 Å². The summed E-state index contributed by atoms with van der Waals surface area (Å²) in [7, 11) is 0. The van der Waals surface area contributed by atoms with Crippen LogP contribution in [0.1, 0.15) is 18.9 Å². The fraction of sp³-hybridized carbons (Fsp3) is 0.294. The Labute approximate surface area is 120 Å². The highest BCUT2D eigenvalue weighted by Gasteiger charge is 1.96. The molecule has 0 fully saturated rings. The predicted octanol–water partition coefficient (Wildman–Crippen LogP) is 4.81. The maximum absolute atomic E-state index is 5.74. The van der Waals surface area contributed by atoms with Crippen molar-refractivity contribution in [2.24, 2.45) is 0 Å². The van der Waals surface area contributed by atoms with Crippen LogP contribution in [-0.4, -0.2) is 12.4 Å². The van der Waals surface area contributed by atoms with Crippen molar-refractivity contribution in [3.63, 3.8) is 0 Å². The van der Waals surface area contributed by atoms with E-state index in [1.54, 1.807) is 0 Å². The van der Waals surface area contributed by atoms with E-state index in [9.17, 15) is 0 Å². The summed E-state index contributed by atoms with van der Waals surface area (Å²) in [4.78, 5) is 1.30. The smallest absolute Gasteiger partial charge is 0.119 e. The number of aryl methyl sites for hydroxylation is 1. The molecule has 0 N–H and O–H groups in total. The fourth-order valence-corrected chi connectivity index (χ4v) is 2.63. The van der Waals surface area contributed by atoms with Crippen molar-refractivity contribution in [1.29, 1.82) is 0 Å². The second-order valence-corrected chi connectivity index (χ2v) is 5.57. The van der Waals surface area contributed by atoms with Gasteiger partial charge in [-0.25, -0.2) is 0 Å². The molecule has 0 aliphatic heterocycles. The first-order valence-corrected chi connectivity index (χ1v) is 7.76. The van der Waals surface area contributed by atoms with Crippen molar-refractivity contribution < 1.29 is 4.74 Å². The lowest BCUT2D eigenvalue weighted by molar-refractivity contribution is 0.344. The molecule has 19 heavy (non-hydrogen) atoms. The zero-order valence-electron chi connectivity index (χ0n) is 11.3. The van der Waals surface area contributed by atoms with Gasteiger partial charge in [0.2, 0.25) is 0 Å². The Morgan fingerprint density at radius 2 is 1.68 bits per heavy atom. The summed E-state index contributed by atoms with van der Waals surface area (Å²) in [5.41, 5.74) is 1.38. The average Bonchev–Trinajstić information content (AvgIpc) is 2.47. The molecular formula is C17H20OS. The number of benzene rings is 2. The van der Waals surface area contributed by atoms with Crippen LogP contribution >= 0.6 is 11.8 Å². The largest absolute Gasteiger partial charge is 0.493 e. The average molecular weight is 272 g/mol. The van der Waals surface area contributed by atoms with Gasteiger partial charge in [0.15, 0.2) is 0 Å². The van der Waals surface area contributed by atoms with Crippen LogP contribution in [0.5, 0.6) is 5.75 Å². The van der Waals surface area contributed by atoms with Crippen LogP contribution in [-0.2, 0) is 6.42 Å². The lowest BCUT2D eigenvalue weighted by Crippen LogP contribution is -2.00. The highest BCUT2D eigenvalue weighted by molar-refractivity contribution is 7.99. The van der Waals surface area contributed by atoms with Crippen LogP contribution in [0.15, 0.2) is 59.5 Å². The second-order valence-electron chi connectivity index (χ2n) is 4.40. The van der Waals surface area contributed by atoms with E-state index in [0.29, 0.717) is 0 Å². The van der Waals surface area contributed by atoms with Gasteiger partial charge in [-0.2, -0.15) is 0 Å². The summed E-state index contributed by atoms with van der Waals surface area (Å²) < 4.78 is 5.74. The molecule has 0 radical (unpaired) electrons. The normalized spacial score (nSPS) is 10.4. The zero-order valence-corrected chi connectivity index (χ0v) is 12.2. The number of thioether (sulfide) groups is 1. The molecule has 2 aromatic rings. The SMILES string of the molecule is CCCc1ccc(OCCSc2ccccc2)cc1. The Balaban J connectivity index is 1.70. The lowest BCUT2D eigenvalue weighted by Gasteiger charge is -2.07. The van der Waals surface area contributed by atoms with E-state index in [0.717, 1.165) is 24.5 Å². The summed E-state index contributed by atoms with van der Waals surface area (Å²) in [5.74, 6) is 1.94. The van der Waals surface area contributed by atoms with E-state index in [-0.39, 0.29) is 0 Å². The molecule has 0 aliphatic rings. The Hall–Kier alpha value is -1.41. The minimum atomic E-state index is 0.743. The van der Waals surface area contributed by atoms with Gasteiger partial charge in [0.05, 0.1) is 6.61 Å². The molecule has 2 heteroatoms. The summed E-state index contributed by atoms with van der Waals surface area (Å²) in [6, 6.07) is 18.9. The van der Waals surface area contributed by atoms with Gasteiger partial charge in [-0.1, -0.05) is 43.7 Å². The number of hydrogen-bond donors (Lipinski definition) is 0. The number of ether oxygens (including phenoxy) is 1. The van der Waals surface area contributed by atoms with Gasteiger partial charge in [0, 0.05) is 10.6 Å². The fourth-order valence-electron chi connectivity index (χ4n) is 1.88. The lowest BCUT2D eigenvalue weighted by atomic mass is 10.1. The molecule has 0 spiro atoms. The van der Waals surface area contributed by atoms with Gasteiger partial charge in [-0.05, 0) is 36.2 Å². The standard InChI is InChI=1S/C17H20OS/c1-2-6-15-9-11-16(12-10-15)18-13-14-19-17-7-4-3-5-8-17/h3-5,7-12H,2,6,13-14H2,1H3. The molecule has 2 aromatic carbocycles. The third kappa shape index (κ3) is 4.99. The van der Waals surface area contributed by atoms with Gasteiger partial charge < -0.3 is 4.74 Å². The summed E-state index contributed by atoms with van der Waals surface area (Å²) >= 11 is 1.83. The minimum absolute atomic E-state index is 0.743. The minimum Gasteiger partial charge on any atom is -0.493 e. The van der Waals surface area contributed by atoms with Crippen molar-refractivity contribution in [1.82, 2.24) is 0 Å². The van der Waals surface area contributed by atoms with E-state index in [4.69, 9.17) is 4.74 Å². The number of rotatable bonds is 7. The molecule has 0 bridgehead atoms. The Morgan fingerprint density at radius 3 is 2.37 bits per heavy atom. The Kier molecular flexibility index (Phi) is 5.83. The van der Waals surface area contributed by atoms with E-state index in [1.165, 1.54) is 16.9 Å². The van der Waals surface area contributed by atoms with Gasteiger partial charge in [0.25, 0.3) is 0 Å². The molecule has 100 valence electrons. The number of hydrogen-bond acceptors (Lipinski definition) is 2. The van der Waals surface area contributed by atoms with E-state index in [1.807, 2.05) is 17.8 Å². The monoisotopic (exact) mass is 272 g/mol. The highest BCUT2D eigenvalue weighted by atomic mass is 32.2. The molecule has 0 aliphatic carbocycles. The molecule has 0 unspecified atom stereocenters. The first-order valence-electron chi connectivity index (χ1n) is 6.78. The van der Waals surface area contributed by atoms with Gasteiger partial charge in [-0.3, -0.25) is 0 Å². The molecule has 1 nitrogen and oxygen atoms in total. The van der Waals surface area contributed by atoms with Crippen molar-refractivity contribution in [3.05, 3.63) is 60.2 Å². The first-order chi connectivity index (χ1) is 9.38. The van der Waals surface area contributed by atoms with Crippen molar-refractivity contribution in [2.45, 2.75) is 24.7 Å². The molecule has 0 aromatic heterocycles. The molecule has 0 amide bonds. The zero-order chi connectivity index (χ0) is 13.3. The maximum Gasteiger partial charge on any atom is 0.119 e.